The normalized spacial score (nSPS) is 10.5. The predicted octanol–water partition coefficient (Wildman–Crippen LogP) is -0.796. The molecule has 2 aromatic heterocycles. The topological polar surface area (TPSA) is 91.8 Å². The molecule has 56 valence electrons. The van der Waals surface area contributed by atoms with Crippen LogP contribution in [0.1, 0.15) is 0 Å². The van der Waals surface area contributed by atoms with E-state index in [2.05, 4.69) is 19.4 Å². The van der Waals surface area contributed by atoms with Gasteiger partial charge in [0, 0.05) is 0 Å². The lowest BCUT2D eigenvalue weighted by atomic mass is 10.6. The number of aromatic nitrogens is 3. The van der Waals surface area contributed by atoms with Crippen molar-refractivity contribution in [3.8, 4) is 0 Å². The molecule has 0 unspecified atom stereocenters. The van der Waals surface area contributed by atoms with E-state index >= 15 is 0 Å². The van der Waals surface area contributed by atoms with E-state index < -0.39 is 11.4 Å². The Morgan fingerprint density at radius 1 is 1.36 bits per heavy atom. The van der Waals surface area contributed by atoms with Crippen LogP contribution in [0.2, 0.25) is 0 Å². The molecule has 0 aliphatic rings. The van der Waals surface area contributed by atoms with Crippen molar-refractivity contribution >= 4 is 11.2 Å². The van der Waals surface area contributed by atoms with Gasteiger partial charge in [0.25, 0.3) is 0 Å². The number of oxazole rings is 1. The zero-order valence-electron chi connectivity index (χ0n) is 5.25. The van der Waals surface area contributed by atoms with Crippen molar-refractivity contribution in [1.29, 1.82) is 0 Å². The number of hydrogen-bond acceptors (Lipinski definition) is 4. The minimum atomic E-state index is -0.608. The standard InChI is InChI=1S/C5H3N3O3/c9-4-6-1-2-3(8-4)11-5(10)7-2/h1H,(H,7,10)(H,6,8,9). The highest BCUT2D eigenvalue weighted by Gasteiger charge is 1.99. The molecule has 11 heavy (non-hydrogen) atoms. The Kier molecular flexibility index (Phi) is 0.974. The van der Waals surface area contributed by atoms with Gasteiger partial charge in [-0.3, -0.25) is 9.97 Å². The fraction of sp³-hybridized carbons (Fsp3) is 0. The molecule has 0 bridgehead atoms. The maximum atomic E-state index is 10.6. The first kappa shape index (κ1) is 5.90. The van der Waals surface area contributed by atoms with Crippen molar-refractivity contribution in [2.45, 2.75) is 0 Å². The van der Waals surface area contributed by atoms with Gasteiger partial charge in [0.2, 0.25) is 5.71 Å². The summed E-state index contributed by atoms with van der Waals surface area (Å²) in [5.41, 5.74) is -0.0372. The monoisotopic (exact) mass is 153 g/mol. The van der Waals surface area contributed by atoms with Crippen LogP contribution in [-0.4, -0.2) is 15.0 Å². The summed E-state index contributed by atoms with van der Waals surface area (Å²) >= 11 is 0. The van der Waals surface area contributed by atoms with E-state index in [1.54, 1.807) is 0 Å². The van der Waals surface area contributed by atoms with Crippen LogP contribution in [0.15, 0.2) is 20.2 Å². The number of hydrogen-bond donors (Lipinski definition) is 2. The van der Waals surface area contributed by atoms with Gasteiger partial charge in [-0.2, -0.15) is 4.98 Å². The van der Waals surface area contributed by atoms with Crippen LogP contribution in [0.4, 0.5) is 0 Å². The van der Waals surface area contributed by atoms with Crippen molar-refractivity contribution in [2.24, 2.45) is 0 Å². The molecular weight excluding hydrogens is 150 g/mol. The van der Waals surface area contributed by atoms with Crippen LogP contribution in [-0.2, 0) is 0 Å². The molecule has 0 atom stereocenters. The summed E-state index contributed by atoms with van der Waals surface area (Å²) in [5.74, 6) is -0.608. The molecule has 0 aromatic carbocycles. The molecule has 2 heterocycles. The minimum absolute atomic E-state index is 0.120. The zero-order chi connectivity index (χ0) is 7.84. The lowest BCUT2D eigenvalue weighted by molar-refractivity contribution is 0.544. The Labute approximate surface area is 58.9 Å². The molecule has 0 radical (unpaired) electrons. The first-order valence-electron chi connectivity index (χ1n) is 2.84. The molecule has 2 N–H and O–H groups in total. The molecule has 0 saturated carbocycles. The number of nitrogens with zero attached hydrogens (tertiary/aromatic N) is 1. The predicted molar refractivity (Wildman–Crippen MR) is 35.3 cm³/mol. The fourth-order valence-corrected chi connectivity index (χ4v) is 0.776. The van der Waals surface area contributed by atoms with Crippen LogP contribution in [0.3, 0.4) is 0 Å². The highest BCUT2D eigenvalue weighted by molar-refractivity contribution is 5.64. The molecule has 0 aliphatic carbocycles. The Morgan fingerprint density at radius 3 is 3.00 bits per heavy atom. The summed E-state index contributed by atoms with van der Waals surface area (Å²) in [6.45, 7) is 0. The summed E-state index contributed by atoms with van der Waals surface area (Å²) in [5, 5.41) is 0. The Hall–Kier alpha value is -1.85. The average Bonchev–Trinajstić information content (AvgIpc) is 2.27. The number of aromatic amines is 2. The lowest BCUT2D eigenvalue weighted by Gasteiger charge is -1.80. The molecule has 0 amide bonds. The summed E-state index contributed by atoms with van der Waals surface area (Å²) in [6, 6.07) is 0. The van der Waals surface area contributed by atoms with Crippen molar-refractivity contribution in [2.75, 3.05) is 0 Å². The third kappa shape index (κ3) is 0.841. The zero-order valence-corrected chi connectivity index (χ0v) is 5.25. The Morgan fingerprint density at radius 2 is 2.18 bits per heavy atom. The first-order valence-corrected chi connectivity index (χ1v) is 2.84. The van der Waals surface area contributed by atoms with Gasteiger partial charge in [-0.25, -0.2) is 9.59 Å². The fourth-order valence-electron chi connectivity index (χ4n) is 0.776. The van der Waals surface area contributed by atoms with Crippen molar-refractivity contribution in [1.82, 2.24) is 15.0 Å². The van der Waals surface area contributed by atoms with Crippen LogP contribution >= 0.6 is 0 Å². The molecule has 6 heteroatoms. The molecule has 0 aliphatic heterocycles. The van der Waals surface area contributed by atoms with Gasteiger partial charge in [-0.05, 0) is 0 Å². The summed E-state index contributed by atoms with van der Waals surface area (Å²) < 4.78 is 4.54. The van der Waals surface area contributed by atoms with Crippen LogP contribution in [0, 0.1) is 0 Å². The van der Waals surface area contributed by atoms with Crippen molar-refractivity contribution in [3.05, 3.63) is 27.2 Å². The van der Waals surface area contributed by atoms with Gasteiger partial charge >= 0.3 is 11.4 Å². The molecule has 2 aromatic rings. The first-order chi connectivity index (χ1) is 5.25. The van der Waals surface area contributed by atoms with Gasteiger partial charge in [-0.1, -0.05) is 0 Å². The third-order valence-corrected chi connectivity index (χ3v) is 1.21. The van der Waals surface area contributed by atoms with E-state index in [4.69, 9.17) is 0 Å². The quantitative estimate of drug-likeness (QED) is 0.518. The number of rotatable bonds is 0. The summed E-state index contributed by atoms with van der Waals surface area (Å²) in [7, 11) is 0. The SMILES string of the molecule is O=c1ncc2[nH]c(=O)oc2[nH]1. The molecule has 0 fully saturated rings. The Balaban J connectivity index is 3.03. The van der Waals surface area contributed by atoms with E-state index in [0.717, 1.165) is 0 Å². The Bertz CT molecular complexity index is 489. The van der Waals surface area contributed by atoms with Crippen molar-refractivity contribution < 1.29 is 4.42 Å². The number of fused-ring (bicyclic) bond motifs is 1. The average molecular weight is 153 g/mol. The molecule has 0 spiro atoms. The molecule has 2 rings (SSSR count). The van der Waals surface area contributed by atoms with Crippen LogP contribution in [0.5, 0.6) is 0 Å². The van der Waals surface area contributed by atoms with E-state index in [9.17, 15) is 9.59 Å². The van der Waals surface area contributed by atoms with Crippen molar-refractivity contribution in [3.63, 3.8) is 0 Å². The summed E-state index contributed by atoms with van der Waals surface area (Å²) in [4.78, 5) is 29.0. The second kappa shape index (κ2) is 1.82. The van der Waals surface area contributed by atoms with Gasteiger partial charge in [0.1, 0.15) is 5.52 Å². The van der Waals surface area contributed by atoms with E-state index in [1.165, 1.54) is 6.20 Å². The highest BCUT2D eigenvalue weighted by Crippen LogP contribution is 1.98. The largest absolute Gasteiger partial charge is 0.418 e. The summed E-state index contributed by atoms with van der Waals surface area (Å²) in [6.07, 6.45) is 1.24. The van der Waals surface area contributed by atoms with Gasteiger partial charge in [0.15, 0.2) is 0 Å². The maximum absolute atomic E-state index is 10.6. The van der Waals surface area contributed by atoms with E-state index in [0.29, 0.717) is 5.52 Å². The highest BCUT2D eigenvalue weighted by atomic mass is 16.4. The second-order valence-electron chi connectivity index (χ2n) is 1.95. The second-order valence-corrected chi connectivity index (χ2v) is 1.95. The number of H-pyrrole nitrogens is 2. The minimum Gasteiger partial charge on any atom is -0.391 e. The maximum Gasteiger partial charge on any atom is 0.418 e. The van der Waals surface area contributed by atoms with Crippen LogP contribution < -0.4 is 11.4 Å². The van der Waals surface area contributed by atoms with E-state index in [1.807, 2.05) is 0 Å². The van der Waals surface area contributed by atoms with Crippen LogP contribution in [0.25, 0.3) is 11.2 Å². The van der Waals surface area contributed by atoms with Gasteiger partial charge in [0.05, 0.1) is 6.20 Å². The smallest absolute Gasteiger partial charge is 0.391 e. The number of nitrogens with one attached hydrogen (secondary N) is 2. The molecular formula is C5H3N3O3. The lowest BCUT2D eigenvalue weighted by Crippen LogP contribution is -2.07. The van der Waals surface area contributed by atoms with Gasteiger partial charge < -0.3 is 4.42 Å². The van der Waals surface area contributed by atoms with E-state index in [-0.39, 0.29) is 5.71 Å². The third-order valence-electron chi connectivity index (χ3n) is 1.21. The molecule has 6 nitrogen and oxygen atoms in total. The molecule has 0 saturated heterocycles. The van der Waals surface area contributed by atoms with Gasteiger partial charge in [-0.15, -0.1) is 0 Å².